The van der Waals surface area contributed by atoms with E-state index in [1.807, 2.05) is 26.0 Å². The lowest BCUT2D eigenvalue weighted by molar-refractivity contribution is 0.505. The molecule has 0 rings (SSSR count). The molecule has 0 aliphatic rings. The average molecular weight is 214 g/mol. The minimum absolute atomic E-state index is 0.341. The Morgan fingerprint density at radius 1 is 1.25 bits per heavy atom. The van der Waals surface area contributed by atoms with E-state index in [-0.39, 0.29) is 0 Å². The highest BCUT2D eigenvalue weighted by Crippen LogP contribution is 2.08. The second kappa shape index (κ2) is 11.5. The van der Waals surface area contributed by atoms with Crippen LogP contribution in [0.5, 0.6) is 0 Å². The van der Waals surface area contributed by atoms with Gasteiger partial charge >= 0.3 is 0 Å². The van der Waals surface area contributed by atoms with Crippen molar-refractivity contribution in [2.24, 2.45) is 0 Å². The van der Waals surface area contributed by atoms with Crippen LogP contribution in [0.15, 0.2) is 0 Å². The molecule has 0 saturated heterocycles. The second-order valence-corrected chi connectivity index (χ2v) is 4.17. The number of hydrogen-bond acceptors (Lipinski definition) is 1. The SMILES string of the molecule is CCC(Cl)CCCCl.CN(C)C. The maximum atomic E-state index is 5.79. The molecular weight excluding hydrogens is 193 g/mol. The van der Waals surface area contributed by atoms with Crippen LogP contribution in [0.4, 0.5) is 0 Å². The summed E-state index contributed by atoms with van der Waals surface area (Å²) in [6, 6.07) is 0. The van der Waals surface area contributed by atoms with Crippen LogP contribution >= 0.6 is 23.2 Å². The van der Waals surface area contributed by atoms with Gasteiger partial charge in [0.1, 0.15) is 0 Å². The summed E-state index contributed by atoms with van der Waals surface area (Å²) in [7, 11) is 6.00. The summed E-state index contributed by atoms with van der Waals surface area (Å²) < 4.78 is 0. The maximum absolute atomic E-state index is 5.79. The van der Waals surface area contributed by atoms with Gasteiger partial charge in [0, 0.05) is 11.3 Å². The van der Waals surface area contributed by atoms with E-state index >= 15 is 0 Å². The molecule has 12 heavy (non-hydrogen) atoms. The summed E-state index contributed by atoms with van der Waals surface area (Å²) in [6.07, 6.45) is 3.16. The fourth-order valence-electron chi connectivity index (χ4n) is 0.503. The van der Waals surface area contributed by atoms with E-state index in [0.717, 1.165) is 25.1 Å². The van der Waals surface area contributed by atoms with Crippen molar-refractivity contribution in [1.82, 2.24) is 4.90 Å². The molecule has 0 aromatic heterocycles. The standard InChI is InChI=1S/C6H12Cl2.C3H9N/c1-2-6(8)4-3-5-7;1-4(2)3/h6H,2-5H2,1H3;1-3H3. The molecule has 0 heterocycles. The van der Waals surface area contributed by atoms with E-state index in [1.165, 1.54) is 0 Å². The smallest absolute Gasteiger partial charge is 0.0333 e. The highest BCUT2D eigenvalue weighted by molar-refractivity contribution is 6.20. The molecule has 0 radical (unpaired) electrons. The lowest BCUT2D eigenvalue weighted by Gasteiger charge is -2.01. The quantitative estimate of drug-likeness (QED) is 0.649. The first-order chi connectivity index (χ1) is 5.54. The number of halogens is 2. The lowest BCUT2D eigenvalue weighted by atomic mass is 10.2. The zero-order valence-corrected chi connectivity index (χ0v) is 10.1. The molecule has 1 atom stereocenters. The van der Waals surface area contributed by atoms with Crippen LogP contribution in [0, 0.1) is 0 Å². The van der Waals surface area contributed by atoms with Crippen molar-refractivity contribution in [2.45, 2.75) is 31.6 Å². The van der Waals surface area contributed by atoms with Crippen LogP contribution in [-0.4, -0.2) is 37.3 Å². The van der Waals surface area contributed by atoms with Gasteiger partial charge in [-0.15, -0.1) is 23.2 Å². The van der Waals surface area contributed by atoms with Gasteiger partial charge in [-0.3, -0.25) is 0 Å². The van der Waals surface area contributed by atoms with E-state index in [9.17, 15) is 0 Å². The predicted octanol–water partition coefficient (Wildman–Crippen LogP) is 3.20. The molecule has 0 aliphatic carbocycles. The number of rotatable bonds is 4. The monoisotopic (exact) mass is 213 g/mol. The molecule has 0 aliphatic heterocycles. The van der Waals surface area contributed by atoms with Gasteiger partial charge in [0.25, 0.3) is 0 Å². The molecule has 0 saturated carbocycles. The maximum Gasteiger partial charge on any atom is 0.0333 e. The van der Waals surface area contributed by atoms with Crippen molar-refractivity contribution in [3.05, 3.63) is 0 Å². The van der Waals surface area contributed by atoms with Crippen molar-refractivity contribution in [3.63, 3.8) is 0 Å². The van der Waals surface area contributed by atoms with E-state index in [4.69, 9.17) is 23.2 Å². The fraction of sp³-hybridized carbons (Fsp3) is 1.00. The number of alkyl halides is 2. The van der Waals surface area contributed by atoms with Crippen LogP contribution in [0.3, 0.4) is 0 Å². The zero-order chi connectivity index (χ0) is 9.98. The summed E-state index contributed by atoms with van der Waals surface area (Å²) in [5, 5.41) is 0.341. The average Bonchev–Trinajstić information content (AvgIpc) is 1.99. The highest BCUT2D eigenvalue weighted by Gasteiger charge is 1.97. The molecule has 0 N–H and O–H groups in total. The Morgan fingerprint density at radius 3 is 1.92 bits per heavy atom. The Bertz CT molecular complexity index is 74.2. The first-order valence-electron chi connectivity index (χ1n) is 4.35. The van der Waals surface area contributed by atoms with E-state index in [0.29, 0.717) is 5.38 Å². The largest absolute Gasteiger partial charge is 0.312 e. The highest BCUT2D eigenvalue weighted by atomic mass is 35.5. The molecule has 0 aromatic rings. The van der Waals surface area contributed by atoms with Crippen molar-refractivity contribution in [1.29, 1.82) is 0 Å². The molecule has 1 unspecified atom stereocenters. The van der Waals surface area contributed by atoms with Gasteiger partial charge < -0.3 is 4.90 Å². The minimum atomic E-state index is 0.341. The molecular formula is C9H21Cl2N. The summed E-state index contributed by atoms with van der Waals surface area (Å²) >= 11 is 11.2. The third-order valence-corrected chi connectivity index (χ3v) is 1.89. The van der Waals surface area contributed by atoms with Crippen LogP contribution in [-0.2, 0) is 0 Å². The van der Waals surface area contributed by atoms with Gasteiger partial charge in [-0.2, -0.15) is 0 Å². The minimum Gasteiger partial charge on any atom is -0.312 e. The first kappa shape index (κ1) is 15.0. The van der Waals surface area contributed by atoms with Crippen molar-refractivity contribution in [3.8, 4) is 0 Å². The van der Waals surface area contributed by atoms with Gasteiger partial charge in [-0.05, 0) is 40.4 Å². The van der Waals surface area contributed by atoms with Crippen molar-refractivity contribution >= 4 is 23.2 Å². The van der Waals surface area contributed by atoms with Gasteiger partial charge in [0.15, 0.2) is 0 Å². The molecule has 0 spiro atoms. The van der Waals surface area contributed by atoms with Crippen molar-refractivity contribution in [2.75, 3.05) is 27.0 Å². The lowest BCUT2D eigenvalue weighted by Crippen LogP contribution is -1.99. The van der Waals surface area contributed by atoms with E-state index in [2.05, 4.69) is 6.92 Å². The molecule has 3 heteroatoms. The molecule has 0 aromatic carbocycles. The number of hydrogen-bond donors (Lipinski definition) is 0. The normalized spacial score (nSPS) is 12.2. The van der Waals surface area contributed by atoms with Crippen LogP contribution in [0.2, 0.25) is 0 Å². The van der Waals surface area contributed by atoms with Gasteiger partial charge in [0.05, 0.1) is 0 Å². The first-order valence-corrected chi connectivity index (χ1v) is 5.32. The third-order valence-electron chi connectivity index (χ3n) is 1.09. The number of nitrogens with zero attached hydrogens (tertiary/aromatic N) is 1. The van der Waals surface area contributed by atoms with Crippen molar-refractivity contribution < 1.29 is 0 Å². The molecule has 0 fully saturated rings. The summed E-state index contributed by atoms with van der Waals surface area (Å²) in [4.78, 5) is 2.00. The van der Waals surface area contributed by atoms with Crippen LogP contribution in [0.1, 0.15) is 26.2 Å². The topological polar surface area (TPSA) is 3.24 Å². The molecule has 0 bridgehead atoms. The fourth-order valence-corrected chi connectivity index (χ4v) is 0.811. The summed E-state index contributed by atoms with van der Waals surface area (Å²) in [5.74, 6) is 0.739. The Hall–Kier alpha value is 0.540. The third kappa shape index (κ3) is 22.4. The predicted molar refractivity (Wildman–Crippen MR) is 59.5 cm³/mol. The van der Waals surface area contributed by atoms with Gasteiger partial charge in [-0.25, -0.2) is 0 Å². The molecule has 1 nitrogen and oxygen atoms in total. The van der Waals surface area contributed by atoms with Crippen LogP contribution < -0.4 is 0 Å². The Balaban J connectivity index is 0. The van der Waals surface area contributed by atoms with Gasteiger partial charge in [0.2, 0.25) is 0 Å². The van der Waals surface area contributed by atoms with Crippen LogP contribution in [0.25, 0.3) is 0 Å². The van der Waals surface area contributed by atoms with Gasteiger partial charge in [-0.1, -0.05) is 6.92 Å². The second-order valence-electron chi connectivity index (χ2n) is 3.18. The Morgan fingerprint density at radius 2 is 1.67 bits per heavy atom. The molecule has 76 valence electrons. The Labute approximate surface area is 87.0 Å². The zero-order valence-electron chi connectivity index (χ0n) is 8.61. The van der Waals surface area contributed by atoms with E-state index in [1.54, 1.807) is 0 Å². The molecule has 0 amide bonds. The Kier molecular flexibility index (Phi) is 14.5. The summed E-state index contributed by atoms with van der Waals surface area (Å²) in [5.41, 5.74) is 0. The summed E-state index contributed by atoms with van der Waals surface area (Å²) in [6.45, 7) is 2.09. The van der Waals surface area contributed by atoms with E-state index < -0.39 is 0 Å².